The van der Waals surface area contributed by atoms with Gasteiger partial charge >= 0.3 is 0 Å². The molecule has 0 spiro atoms. The standard InChI is InChI=1S/C19H22N2O5S/c1-25-12-13-26-18-9-5-4-8-17(18)20-19(22)15-6-2-3-7-16(15)21-27(23,24)14-10-11-14/h2-9,14,21H,10-13H2,1H3,(H,20,22). The molecule has 1 aliphatic rings. The Hall–Kier alpha value is -2.58. The quantitative estimate of drug-likeness (QED) is 0.642. The van der Waals surface area contributed by atoms with Crippen LogP contribution in [0.25, 0.3) is 0 Å². The number of anilines is 2. The monoisotopic (exact) mass is 390 g/mol. The highest BCUT2D eigenvalue weighted by Crippen LogP contribution is 2.31. The summed E-state index contributed by atoms with van der Waals surface area (Å²) in [7, 11) is -1.88. The van der Waals surface area contributed by atoms with Crippen molar-refractivity contribution < 1.29 is 22.7 Å². The van der Waals surface area contributed by atoms with Gasteiger partial charge in [-0.15, -0.1) is 0 Å². The molecule has 144 valence electrons. The minimum atomic E-state index is -3.46. The largest absolute Gasteiger partial charge is 0.489 e. The molecule has 0 aliphatic heterocycles. The topological polar surface area (TPSA) is 93.7 Å². The summed E-state index contributed by atoms with van der Waals surface area (Å²) in [4.78, 5) is 12.8. The van der Waals surface area contributed by atoms with Crippen LogP contribution in [0.3, 0.4) is 0 Å². The molecule has 27 heavy (non-hydrogen) atoms. The lowest BCUT2D eigenvalue weighted by Crippen LogP contribution is -2.21. The highest BCUT2D eigenvalue weighted by Gasteiger charge is 2.36. The van der Waals surface area contributed by atoms with Crippen LogP contribution in [0.5, 0.6) is 5.75 Å². The Kier molecular flexibility index (Phi) is 5.98. The highest BCUT2D eigenvalue weighted by atomic mass is 32.2. The molecule has 0 atom stereocenters. The number of benzene rings is 2. The molecule has 0 radical (unpaired) electrons. The number of para-hydroxylation sites is 3. The summed E-state index contributed by atoms with van der Waals surface area (Å²) in [5.41, 5.74) is 1.01. The van der Waals surface area contributed by atoms with Gasteiger partial charge in [0.25, 0.3) is 5.91 Å². The Morgan fingerprint density at radius 1 is 1.04 bits per heavy atom. The molecule has 1 amide bonds. The summed E-state index contributed by atoms with van der Waals surface area (Å²) >= 11 is 0. The van der Waals surface area contributed by atoms with Crippen molar-refractivity contribution in [3.05, 3.63) is 54.1 Å². The Balaban J connectivity index is 1.77. The first-order valence-corrected chi connectivity index (χ1v) is 10.2. The van der Waals surface area contributed by atoms with E-state index in [1.54, 1.807) is 55.6 Å². The van der Waals surface area contributed by atoms with E-state index < -0.39 is 15.9 Å². The lowest BCUT2D eigenvalue weighted by molar-refractivity contribution is 0.102. The summed E-state index contributed by atoms with van der Waals surface area (Å²) in [5.74, 6) is 0.0887. The van der Waals surface area contributed by atoms with Gasteiger partial charge in [0, 0.05) is 7.11 Å². The van der Waals surface area contributed by atoms with Crippen molar-refractivity contribution in [2.45, 2.75) is 18.1 Å². The molecule has 2 aromatic rings. The molecule has 2 aromatic carbocycles. The SMILES string of the molecule is COCCOc1ccccc1NC(=O)c1ccccc1NS(=O)(=O)C1CC1. The fraction of sp³-hybridized carbons (Fsp3) is 0.316. The predicted molar refractivity (Wildman–Crippen MR) is 104 cm³/mol. The number of carbonyl (C=O) groups is 1. The lowest BCUT2D eigenvalue weighted by atomic mass is 10.1. The molecule has 8 heteroatoms. The smallest absolute Gasteiger partial charge is 0.257 e. The Labute approximate surface area is 158 Å². The number of sulfonamides is 1. The number of methoxy groups -OCH3 is 1. The van der Waals surface area contributed by atoms with Crippen LogP contribution in [0.1, 0.15) is 23.2 Å². The van der Waals surface area contributed by atoms with Gasteiger partial charge < -0.3 is 14.8 Å². The van der Waals surface area contributed by atoms with E-state index in [0.717, 1.165) is 0 Å². The van der Waals surface area contributed by atoms with E-state index in [-0.39, 0.29) is 16.5 Å². The van der Waals surface area contributed by atoms with Crippen LogP contribution in [0, 0.1) is 0 Å². The Morgan fingerprint density at radius 3 is 2.41 bits per heavy atom. The van der Waals surface area contributed by atoms with Crippen LogP contribution in [-0.2, 0) is 14.8 Å². The van der Waals surface area contributed by atoms with E-state index in [1.165, 1.54) is 0 Å². The molecule has 1 saturated carbocycles. The van der Waals surface area contributed by atoms with Gasteiger partial charge in [-0.3, -0.25) is 9.52 Å². The minimum Gasteiger partial charge on any atom is -0.489 e. The maximum atomic E-state index is 12.8. The number of carbonyl (C=O) groups excluding carboxylic acids is 1. The van der Waals surface area contributed by atoms with Crippen molar-refractivity contribution >= 4 is 27.3 Å². The molecular weight excluding hydrogens is 368 g/mol. The highest BCUT2D eigenvalue weighted by molar-refractivity contribution is 7.93. The fourth-order valence-corrected chi connectivity index (χ4v) is 3.91. The molecule has 0 saturated heterocycles. The average Bonchev–Trinajstić information content (AvgIpc) is 3.49. The van der Waals surface area contributed by atoms with Gasteiger partial charge in [0.05, 0.1) is 28.8 Å². The predicted octanol–water partition coefficient (Wildman–Crippen LogP) is 2.87. The first-order chi connectivity index (χ1) is 13.0. The zero-order valence-electron chi connectivity index (χ0n) is 15.0. The molecule has 0 bridgehead atoms. The van der Waals surface area contributed by atoms with Crippen molar-refractivity contribution in [3.8, 4) is 5.75 Å². The zero-order chi connectivity index (χ0) is 19.3. The Bertz CT molecular complexity index is 910. The second-order valence-corrected chi connectivity index (χ2v) is 8.14. The first kappa shape index (κ1) is 19.2. The van der Waals surface area contributed by atoms with Crippen molar-refractivity contribution in [2.24, 2.45) is 0 Å². The van der Waals surface area contributed by atoms with Crippen LogP contribution in [-0.4, -0.2) is 39.9 Å². The van der Waals surface area contributed by atoms with Gasteiger partial charge in [-0.2, -0.15) is 0 Å². The molecule has 3 rings (SSSR count). The van der Waals surface area contributed by atoms with Gasteiger partial charge in [0.2, 0.25) is 10.0 Å². The normalized spacial score (nSPS) is 13.8. The van der Waals surface area contributed by atoms with Crippen LogP contribution in [0.4, 0.5) is 11.4 Å². The molecule has 0 unspecified atom stereocenters. The third kappa shape index (κ3) is 4.99. The average molecular weight is 390 g/mol. The number of ether oxygens (including phenoxy) is 2. The summed E-state index contributed by atoms with van der Waals surface area (Å²) in [5, 5.41) is 2.41. The Morgan fingerprint density at radius 2 is 1.70 bits per heavy atom. The number of hydrogen-bond donors (Lipinski definition) is 2. The lowest BCUT2D eigenvalue weighted by Gasteiger charge is -2.14. The van der Waals surface area contributed by atoms with Crippen LogP contribution >= 0.6 is 0 Å². The van der Waals surface area contributed by atoms with Crippen LogP contribution < -0.4 is 14.8 Å². The third-order valence-corrected chi connectivity index (χ3v) is 5.92. The van der Waals surface area contributed by atoms with E-state index in [0.29, 0.717) is 37.5 Å². The number of rotatable bonds is 9. The number of nitrogens with one attached hydrogen (secondary N) is 2. The fourth-order valence-electron chi connectivity index (χ4n) is 2.51. The molecule has 2 N–H and O–H groups in total. The molecule has 1 aliphatic carbocycles. The van der Waals surface area contributed by atoms with Gasteiger partial charge in [-0.1, -0.05) is 24.3 Å². The van der Waals surface area contributed by atoms with Gasteiger partial charge in [0.15, 0.2) is 0 Å². The number of hydrogen-bond acceptors (Lipinski definition) is 5. The van der Waals surface area contributed by atoms with Crippen molar-refractivity contribution in [2.75, 3.05) is 30.4 Å². The van der Waals surface area contributed by atoms with Crippen LogP contribution in [0.15, 0.2) is 48.5 Å². The van der Waals surface area contributed by atoms with Crippen molar-refractivity contribution in [1.29, 1.82) is 0 Å². The summed E-state index contributed by atoms with van der Waals surface area (Å²) in [6, 6.07) is 13.6. The van der Waals surface area contributed by atoms with E-state index in [4.69, 9.17) is 9.47 Å². The maximum Gasteiger partial charge on any atom is 0.257 e. The molecule has 0 heterocycles. The van der Waals surface area contributed by atoms with E-state index in [2.05, 4.69) is 10.0 Å². The molecule has 7 nitrogen and oxygen atoms in total. The number of amides is 1. The molecule has 1 fully saturated rings. The first-order valence-electron chi connectivity index (χ1n) is 8.64. The second-order valence-electron chi connectivity index (χ2n) is 6.18. The van der Waals surface area contributed by atoms with E-state index in [9.17, 15) is 13.2 Å². The van der Waals surface area contributed by atoms with Gasteiger partial charge in [-0.05, 0) is 37.1 Å². The maximum absolute atomic E-state index is 12.8. The van der Waals surface area contributed by atoms with Gasteiger partial charge in [0.1, 0.15) is 12.4 Å². The summed E-state index contributed by atoms with van der Waals surface area (Å²) < 4.78 is 37.6. The molecular formula is C19H22N2O5S. The van der Waals surface area contributed by atoms with Crippen molar-refractivity contribution in [1.82, 2.24) is 0 Å². The summed E-state index contributed by atoms with van der Waals surface area (Å²) in [6.07, 6.45) is 1.30. The minimum absolute atomic E-state index is 0.244. The summed E-state index contributed by atoms with van der Waals surface area (Å²) in [6.45, 7) is 0.773. The van der Waals surface area contributed by atoms with Gasteiger partial charge in [-0.25, -0.2) is 8.42 Å². The van der Waals surface area contributed by atoms with E-state index >= 15 is 0 Å². The zero-order valence-corrected chi connectivity index (χ0v) is 15.8. The third-order valence-electron chi connectivity index (χ3n) is 4.07. The van der Waals surface area contributed by atoms with Crippen LogP contribution in [0.2, 0.25) is 0 Å². The van der Waals surface area contributed by atoms with E-state index in [1.807, 2.05) is 0 Å². The van der Waals surface area contributed by atoms with Crippen molar-refractivity contribution in [3.63, 3.8) is 0 Å². The molecule has 0 aromatic heterocycles. The second kappa shape index (κ2) is 8.41.